The van der Waals surface area contributed by atoms with Gasteiger partial charge in [0.1, 0.15) is 0 Å². The van der Waals surface area contributed by atoms with E-state index in [1.54, 1.807) is 36.1 Å². The molecular weight excluding hydrogens is 546 g/mol. The molecule has 0 N–H and O–H groups in total. The first-order valence-corrected chi connectivity index (χ1v) is 13.4. The maximum atomic E-state index is 13.5. The van der Waals surface area contributed by atoms with Crippen molar-refractivity contribution in [3.8, 4) is 0 Å². The average molecular weight is 584 g/mol. The lowest BCUT2D eigenvalue weighted by Gasteiger charge is -2.40. The van der Waals surface area contributed by atoms with Crippen molar-refractivity contribution in [3.05, 3.63) is 108 Å². The fourth-order valence-electron chi connectivity index (χ4n) is 4.83. The van der Waals surface area contributed by atoms with Crippen LogP contribution in [-0.2, 0) is 24.2 Å². The van der Waals surface area contributed by atoms with Gasteiger partial charge in [0.2, 0.25) is 0 Å². The van der Waals surface area contributed by atoms with Crippen molar-refractivity contribution in [1.82, 2.24) is 19.6 Å². The Labute approximate surface area is 244 Å². The molecule has 10 heteroatoms. The quantitative estimate of drug-likeness (QED) is 0.129. The summed E-state index contributed by atoms with van der Waals surface area (Å²) < 4.78 is 53.8. The molecule has 1 aromatic carbocycles. The number of amides is 1. The van der Waals surface area contributed by atoms with Gasteiger partial charge in [-0.25, -0.2) is 4.39 Å². The van der Waals surface area contributed by atoms with Crippen LogP contribution in [0.15, 0.2) is 96.2 Å². The summed E-state index contributed by atoms with van der Waals surface area (Å²) in [5, 5.41) is 4.52. The molecule has 1 aliphatic heterocycles. The second-order valence-electron chi connectivity index (χ2n) is 10.6. The second kappa shape index (κ2) is 13.6. The van der Waals surface area contributed by atoms with Gasteiger partial charge in [-0.15, -0.1) is 0 Å². The van der Waals surface area contributed by atoms with E-state index in [9.17, 15) is 22.4 Å². The normalized spacial score (nSPS) is 15.2. The summed E-state index contributed by atoms with van der Waals surface area (Å²) in [6, 6.07) is 6.38. The molecule has 0 radical (unpaired) electrons. The van der Waals surface area contributed by atoms with Crippen molar-refractivity contribution in [2.24, 2.45) is 10.9 Å². The van der Waals surface area contributed by atoms with E-state index in [4.69, 9.17) is 0 Å². The van der Waals surface area contributed by atoms with Crippen molar-refractivity contribution in [1.29, 1.82) is 0 Å². The van der Waals surface area contributed by atoms with Gasteiger partial charge in [0.15, 0.2) is 5.83 Å². The highest BCUT2D eigenvalue weighted by atomic mass is 19.4. The number of alkyl halides is 3. The van der Waals surface area contributed by atoms with Crippen LogP contribution in [0.4, 0.5) is 17.6 Å². The standard InChI is InChI=1S/C32H37F4N5O/c1-8-9-28(26-16-38-41(20-26)17-22(3)39(6)7)29(30(37-5)27-18-40(19-27)31(42)23(4)33)21(2)14-24-10-12-25(13-11-24)15-32(34,35)36/h8-13,16,20,27H,1,3-4,14-15,17-19H2,2,5-7H3/b28-9-,29-21-,37-30?. The molecule has 42 heavy (non-hydrogen) atoms. The van der Waals surface area contributed by atoms with Crippen molar-refractivity contribution >= 4 is 17.2 Å². The Hall–Kier alpha value is -4.21. The first-order valence-electron chi connectivity index (χ1n) is 13.4. The van der Waals surface area contributed by atoms with Crippen LogP contribution in [0.1, 0.15) is 23.6 Å². The molecule has 0 spiro atoms. The average Bonchev–Trinajstić information content (AvgIpc) is 3.34. The Morgan fingerprint density at radius 3 is 2.31 bits per heavy atom. The number of aromatic nitrogens is 2. The molecule has 1 saturated heterocycles. The fourth-order valence-corrected chi connectivity index (χ4v) is 4.83. The lowest BCUT2D eigenvalue weighted by Crippen LogP contribution is -2.53. The summed E-state index contributed by atoms with van der Waals surface area (Å²) in [5.74, 6) is -1.91. The summed E-state index contributed by atoms with van der Waals surface area (Å²) in [6.07, 6.45) is 2.35. The molecule has 0 atom stereocenters. The highest BCUT2D eigenvalue weighted by Gasteiger charge is 2.37. The minimum atomic E-state index is -4.28. The maximum Gasteiger partial charge on any atom is 0.393 e. The van der Waals surface area contributed by atoms with Gasteiger partial charge in [0.05, 0.1) is 19.2 Å². The molecule has 3 rings (SSSR count). The van der Waals surface area contributed by atoms with Gasteiger partial charge < -0.3 is 9.80 Å². The van der Waals surface area contributed by atoms with Crippen LogP contribution in [0, 0.1) is 5.92 Å². The van der Waals surface area contributed by atoms with E-state index in [0.717, 1.165) is 39.3 Å². The Balaban J connectivity index is 2.04. The predicted octanol–water partition coefficient (Wildman–Crippen LogP) is 6.20. The Bertz CT molecular complexity index is 1420. The van der Waals surface area contributed by atoms with E-state index in [1.165, 1.54) is 17.0 Å². The van der Waals surface area contributed by atoms with Crippen LogP contribution >= 0.6 is 0 Å². The summed E-state index contributed by atoms with van der Waals surface area (Å²) in [4.78, 5) is 20.0. The summed E-state index contributed by atoms with van der Waals surface area (Å²) in [5.41, 5.74) is 5.96. The predicted molar refractivity (Wildman–Crippen MR) is 160 cm³/mol. The zero-order valence-corrected chi connectivity index (χ0v) is 24.5. The number of allylic oxidation sites excluding steroid dienone is 6. The molecule has 1 fully saturated rings. The third kappa shape index (κ3) is 8.18. The summed E-state index contributed by atoms with van der Waals surface area (Å²) in [6.45, 7) is 14.1. The Morgan fingerprint density at radius 1 is 1.17 bits per heavy atom. The Kier molecular flexibility index (Phi) is 10.5. The summed E-state index contributed by atoms with van der Waals surface area (Å²) >= 11 is 0. The smallest absolute Gasteiger partial charge is 0.380 e. The molecule has 1 aliphatic rings. The SMILES string of the molecule is C=C/C=C(\C(C(=NC)C1CN(C(=O)C(=C)F)C1)=C(/C)Cc1ccc(CC(F)(F)F)cc1)c1cnn(CC(=C)N(C)C)c1. The number of aliphatic imine (C=N–C) groups is 1. The minimum Gasteiger partial charge on any atom is -0.380 e. The molecule has 0 aliphatic carbocycles. The number of carbonyl (C=O) groups excluding carboxylic acids is 1. The van der Waals surface area contributed by atoms with Gasteiger partial charge >= 0.3 is 6.18 Å². The van der Waals surface area contributed by atoms with Crippen LogP contribution in [0.25, 0.3) is 5.57 Å². The highest BCUT2D eigenvalue weighted by Crippen LogP contribution is 2.34. The zero-order valence-electron chi connectivity index (χ0n) is 24.5. The van der Waals surface area contributed by atoms with Crippen molar-refractivity contribution in [2.75, 3.05) is 34.2 Å². The number of hydrogen-bond acceptors (Lipinski definition) is 4. The number of carbonyl (C=O) groups is 1. The van der Waals surface area contributed by atoms with Crippen LogP contribution in [0.2, 0.25) is 0 Å². The lowest BCUT2D eigenvalue weighted by molar-refractivity contribution is -0.133. The maximum absolute atomic E-state index is 13.5. The zero-order chi connectivity index (χ0) is 31.2. The van der Waals surface area contributed by atoms with E-state index in [0.29, 0.717) is 13.0 Å². The molecular formula is C32H37F4N5O. The number of hydrogen-bond donors (Lipinski definition) is 0. The van der Waals surface area contributed by atoms with Gasteiger partial charge in [-0.2, -0.15) is 18.3 Å². The Morgan fingerprint density at radius 2 is 1.79 bits per heavy atom. The van der Waals surface area contributed by atoms with E-state index >= 15 is 0 Å². The van der Waals surface area contributed by atoms with E-state index in [1.807, 2.05) is 38.2 Å². The van der Waals surface area contributed by atoms with Crippen LogP contribution in [0.3, 0.4) is 0 Å². The van der Waals surface area contributed by atoms with Gasteiger partial charge in [0, 0.05) is 68.9 Å². The number of benzene rings is 1. The number of nitrogens with zero attached hydrogens (tertiary/aromatic N) is 5. The lowest BCUT2D eigenvalue weighted by atomic mass is 9.81. The number of rotatable bonds is 12. The summed E-state index contributed by atoms with van der Waals surface area (Å²) in [7, 11) is 5.48. The molecule has 2 heterocycles. The third-order valence-corrected chi connectivity index (χ3v) is 7.08. The fraction of sp³-hybridized carbons (Fsp3) is 0.344. The molecule has 0 unspecified atom stereocenters. The van der Waals surface area contributed by atoms with Crippen LogP contribution in [0.5, 0.6) is 0 Å². The molecule has 1 amide bonds. The van der Waals surface area contributed by atoms with E-state index < -0.39 is 24.3 Å². The van der Waals surface area contributed by atoms with Crippen LogP contribution < -0.4 is 0 Å². The van der Waals surface area contributed by atoms with Gasteiger partial charge in [-0.1, -0.05) is 61.7 Å². The molecule has 1 aromatic heterocycles. The minimum absolute atomic E-state index is 0.158. The van der Waals surface area contributed by atoms with Crippen LogP contribution in [-0.4, -0.2) is 71.6 Å². The molecule has 0 bridgehead atoms. The van der Waals surface area contributed by atoms with Crippen molar-refractivity contribution < 1.29 is 22.4 Å². The highest BCUT2D eigenvalue weighted by molar-refractivity contribution is 6.16. The van der Waals surface area contributed by atoms with Gasteiger partial charge in [-0.3, -0.25) is 14.5 Å². The monoisotopic (exact) mass is 583 g/mol. The largest absolute Gasteiger partial charge is 0.393 e. The molecule has 2 aromatic rings. The third-order valence-electron chi connectivity index (χ3n) is 7.08. The number of likely N-dealkylation sites (N-methyl/N-ethyl adjacent to an activating group) is 1. The first-order chi connectivity index (χ1) is 19.7. The van der Waals surface area contributed by atoms with E-state index in [2.05, 4.69) is 29.8 Å². The van der Waals surface area contributed by atoms with Gasteiger partial charge in [0.25, 0.3) is 5.91 Å². The molecule has 0 saturated carbocycles. The topological polar surface area (TPSA) is 53.7 Å². The van der Waals surface area contributed by atoms with E-state index in [-0.39, 0.29) is 24.6 Å². The van der Waals surface area contributed by atoms with Crippen molar-refractivity contribution in [2.45, 2.75) is 32.5 Å². The van der Waals surface area contributed by atoms with Crippen molar-refractivity contribution in [3.63, 3.8) is 0 Å². The molecule has 224 valence electrons. The number of likely N-dealkylation sites (tertiary alicyclic amines) is 1. The van der Waals surface area contributed by atoms with Gasteiger partial charge in [-0.05, 0) is 30.0 Å². The first kappa shape index (κ1) is 32.3. The number of halogens is 4. The molecule has 6 nitrogen and oxygen atoms in total. The second-order valence-corrected chi connectivity index (χ2v) is 10.6.